The van der Waals surface area contributed by atoms with E-state index >= 15 is 0 Å². The van der Waals surface area contributed by atoms with Crippen molar-refractivity contribution in [2.75, 3.05) is 13.2 Å². The van der Waals surface area contributed by atoms with Gasteiger partial charge in [-0.05, 0) is 0 Å². The summed E-state index contributed by atoms with van der Waals surface area (Å²) >= 11 is 0. The number of carbonyl (C=O) groups is 4. The van der Waals surface area contributed by atoms with E-state index in [1.54, 1.807) is 0 Å². The van der Waals surface area contributed by atoms with Gasteiger partial charge in [-0.15, -0.1) is 0 Å². The predicted molar refractivity (Wildman–Crippen MR) is 68.5 cm³/mol. The quantitative estimate of drug-likeness (QED) is 0.263. The van der Waals surface area contributed by atoms with Crippen molar-refractivity contribution >= 4 is 23.9 Å². The molecule has 10 nitrogen and oxygen atoms in total. The smallest absolute Gasteiger partial charge is 1.00 e. The van der Waals surface area contributed by atoms with Gasteiger partial charge in [-0.25, -0.2) is 0 Å². The summed E-state index contributed by atoms with van der Waals surface area (Å²) in [7, 11) is 0. The number of aliphatic carboxylic acids is 4. The van der Waals surface area contributed by atoms with Crippen molar-refractivity contribution in [2.45, 2.75) is 27.7 Å². The molecule has 0 radical (unpaired) electrons. The van der Waals surface area contributed by atoms with Gasteiger partial charge < -0.3 is 32.1 Å². The van der Waals surface area contributed by atoms with E-state index in [1.807, 2.05) is 0 Å². The molecule has 0 unspecified atom stereocenters. The first-order chi connectivity index (χ1) is 8.84. The van der Waals surface area contributed by atoms with Crippen LogP contribution in [0.15, 0.2) is 0 Å². The molecule has 0 aliphatic carbocycles. The van der Waals surface area contributed by atoms with Crippen molar-refractivity contribution in [1.82, 2.24) is 0 Å². The standard InChI is InChI=1S/4C2H4O2.C2H6O2.Na.H/c4*1-2(3)4;3-1-2-4;;/h4*1H3,(H,3,4);3-4H,1-2H2;;/q;;;;;+1;-1. The van der Waals surface area contributed by atoms with Crippen LogP contribution in [0.4, 0.5) is 0 Å². The number of aliphatic hydroxyl groups excluding tert-OH is 2. The monoisotopic (exact) mass is 326 g/mol. The van der Waals surface area contributed by atoms with Gasteiger partial charge in [0.2, 0.25) is 0 Å². The first-order valence-electron chi connectivity index (χ1n) is 4.84. The molecule has 0 bridgehead atoms. The first-order valence-corrected chi connectivity index (χ1v) is 4.84. The molecule has 0 saturated heterocycles. The van der Waals surface area contributed by atoms with Crippen LogP contribution in [0.1, 0.15) is 29.1 Å². The van der Waals surface area contributed by atoms with Crippen LogP contribution in [-0.4, -0.2) is 67.7 Å². The summed E-state index contributed by atoms with van der Waals surface area (Å²) in [6.07, 6.45) is 0. The van der Waals surface area contributed by atoms with Crippen molar-refractivity contribution < 1.29 is 80.8 Å². The van der Waals surface area contributed by atoms with Crippen molar-refractivity contribution in [3.63, 3.8) is 0 Å². The van der Waals surface area contributed by atoms with Crippen LogP contribution in [0.2, 0.25) is 0 Å². The minimum atomic E-state index is -0.833. The number of hydrogen-bond donors (Lipinski definition) is 6. The normalized spacial score (nSPS) is 6.19. The molecule has 0 fully saturated rings. The van der Waals surface area contributed by atoms with Gasteiger partial charge in [-0.2, -0.15) is 0 Å². The van der Waals surface area contributed by atoms with Crippen LogP contribution in [0.25, 0.3) is 0 Å². The summed E-state index contributed by atoms with van der Waals surface area (Å²) in [5, 5.41) is 44.9. The summed E-state index contributed by atoms with van der Waals surface area (Å²) < 4.78 is 0. The maximum atomic E-state index is 9.00. The Bertz CT molecular complexity index is 194. The van der Waals surface area contributed by atoms with E-state index in [0.717, 1.165) is 27.7 Å². The molecule has 11 heteroatoms. The molecule has 0 saturated carbocycles. The second-order valence-electron chi connectivity index (χ2n) is 2.52. The Balaban J connectivity index is -0.0000000250. The van der Waals surface area contributed by atoms with Crippen LogP contribution in [0.5, 0.6) is 0 Å². The Morgan fingerprint density at radius 3 is 0.667 bits per heavy atom. The van der Waals surface area contributed by atoms with E-state index in [4.69, 9.17) is 49.8 Å². The minimum absolute atomic E-state index is 0. The van der Waals surface area contributed by atoms with Gasteiger partial charge in [0.1, 0.15) is 0 Å². The summed E-state index contributed by atoms with van der Waals surface area (Å²) in [5.41, 5.74) is 0. The van der Waals surface area contributed by atoms with E-state index < -0.39 is 23.9 Å². The molecule has 21 heavy (non-hydrogen) atoms. The molecule has 0 spiro atoms. The second-order valence-corrected chi connectivity index (χ2v) is 2.52. The van der Waals surface area contributed by atoms with Gasteiger partial charge in [-0.3, -0.25) is 19.2 Å². The van der Waals surface area contributed by atoms with Crippen molar-refractivity contribution in [3.05, 3.63) is 0 Å². The van der Waals surface area contributed by atoms with E-state index in [1.165, 1.54) is 0 Å². The van der Waals surface area contributed by atoms with Gasteiger partial charge in [0.15, 0.2) is 0 Å². The van der Waals surface area contributed by atoms with E-state index in [0.29, 0.717) is 0 Å². The minimum Gasteiger partial charge on any atom is -1.00 e. The largest absolute Gasteiger partial charge is 1.00 e. The average Bonchev–Trinajstić information content (AvgIpc) is 2.13. The zero-order valence-electron chi connectivity index (χ0n) is 13.7. The molecule has 0 amide bonds. The Hall–Kier alpha value is -1.20. The Morgan fingerprint density at radius 1 is 0.619 bits per heavy atom. The molecule has 0 aliphatic heterocycles. The molecule has 0 heterocycles. The van der Waals surface area contributed by atoms with Gasteiger partial charge >= 0.3 is 29.6 Å². The van der Waals surface area contributed by atoms with Gasteiger partial charge in [0.05, 0.1) is 13.2 Å². The molecular weight excluding hydrogens is 303 g/mol. The molecule has 0 aromatic rings. The van der Waals surface area contributed by atoms with Crippen molar-refractivity contribution in [3.8, 4) is 0 Å². The van der Waals surface area contributed by atoms with Gasteiger partial charge in [0, 0.05) is 27.7 Å². The third kappa shape index (κ3) is 133000. The van der Waals surface area contributed by atoms with E-state index in [2.05, 4.69) is 0 Å². The second kappa shape index (κ2) is 36.4. The summed E-state index contributed by atoms with van der Waals surface area (Å²) in [6.45, 7) is 4.08. The van der Waals surface area contributed by atoms with E-state index in [-0.39, 0.29) is 44.2 Å². The summed E-state index contributed by atoms with van der Waals surface area (Å²) in [5.74, 6) is -3.33. The maximum absolute atomic E-state index is 9.00. The van der Waals surface area contributed by atoms with Crippen LogP contribution in [0.3, 0.4) is 0 Å². The Kier molecular flexibility index (Phi) is 63.6. The molecule has 0 aromatic carbocycles. The Morgan fingerprint density at radius 2 is 0.667 bits per heavy atom. The number of carboxylic acid groups (broad SMARTS) is 4. The zero-order chi connectivity index (χ0) is 17.7. The fourth-order valence-corrected chi connectivity index (χ4v) is 0. The third-order valence-electron chi connectivity index (χ3n) is 0.1000. The van der Waals surface area contributed by atoms with E-state index in [9.17, 15) is 0 Å². The maximum Gasteiger partial charge on any atom is 1.00 e. The SMILES string of the molecule is CC(=O)O.CC(=O)O.CC(=O)O.CC(=O)O.OCCO.[H-].[Na+]. The molecule has 0 aromatic heterocycles. The number of rotatable bonds is 1. The number of hydrogen-bond acceptors (Lipinski definition) is 6. The molecule has 124 valence electrons. The summed E-state index contributed by atoms with van der Waals surface area (Å²) in [6, 6.07) is 0. The Labute approximate surface area is 145 Å². The molecule has 6 N–H and O–H groups in total. The molecular formula is C10H23NaO10. The van der Waals surface area contributed by atoms with Crippen molar-refractivity contribution in [2.24, 2.45) is 0 Å². The van der Waals surface area contributed by atoms with Crippen molar-refractivity contribution in [1.29, 1.82) is 0 Å². The van der Waals surface area contributed by atoms with Crippen LogP contribution < -0.4 is 29.6 Å². The first kappa shape index (κ1) is 36.7. The fourth-order valence-electron chi connectivity index (χ4n) is 0. The van der Waals surface area contributed by atoms with Gasteiger partial charge in [-0.1, -0.05) is 0 Å². The molecule has 0 rings (SSSR count). The molecule has 0 atom stereocenters. The average molecular weight is 326 g/mol. The third-order valence-corrected chi connectivity index (χ3v) is 0.1000. The fraction of sp³-hybridized carbons (Fsp3) is 0.600. The van der Waals surface area contributed by atoms with Gasteiger partial charge in [0.25, 0.3) is 23.9 Å². The van der Waals surface area contributed by atoms with Crippen LogP contribution >= 0.6 is 0 Å². The molecule has 0 aliphatic rings. The topological polar surface area (TPSA) is 190 Å². The van der Waals surface area contributed by atoms with Crippen LogP contribution in [-0.2, 0) is 19.2 Å². The predicted octanol–water partition coefficient (Wildman–Crippen LogP) is -3.55. The zero-order valence-corrected chi connectivity index (χ0v) is 14.7. The number of carboxylic acids is 4. The van der Waals surface area contributed by atoms with Crippen LogP contribution in [0, 0.1) is 0 Å². The number of aliphatic hydroxyl groups is 2. The summed E-state index contributed by atoms with van der Waals surface area (Å²) in [4.78, 5) is 36.0.